The number of nitrogens with one attached hydrogen (secondary N) is 1. The highest BCUT2D eigenvalue weighted by molar-refractivity contribution is 7.16. The molecule has 1 aliphatic rings. The smallest absolute Gasteiger partial charge is 0.225 e. The van der Waals surface area contributed by atoms with Crippen LogP contribution in [-0.2, 0) is 29.0 Å². The molecule has 1 aliphatic heterocycles. The lowest BCUT2D eigenvalue weighted by molar-refractivity contribution is -0.132. The van der Waals surface area contributed by atoms with Crippen molar-refractivity contribution in [3.05, 3.63) is 75.9 Å². The fraction of sp³-hybridized carbons (Fsp3) is 0.333. The highest BCUT2D eigenvalue weighted by Gasteiger charge is 2.27. The van der Waals surface area contributed by atoms with Gasteiger partial charge in [-0.3, -0.25) is 14.6 Å². The Morgan fingerprint density at radius 3 is 2.91 bits per heavy atom. The highest BCUT2D eigenvalue weighted by Crippen LogP contribution is 2.37. The third-order valence-corrected chi connectivity index (χ3v) is 7.41. The Morgan fingerprint density at radius 1 is 1.31 bits per heavy atom. The van der Waals surface area contributed by atoms with Crippen molar-refractivity contribution in [1.82, 2.24) is 9.88 Å². The van der Waals surface area contributed by atoms with Crippen LogP contribution in [0.25, 0.3) is 0 Å². The van der Waals surface area contributed by atoms with Crippen molar-refractivity contribution in [1.29, 1.82) is 5.26 Å². The van der Waals surface area contributed by atoms with Crippen LogP contribution in [0.4, 0.5) is 5.00 Å². The molecule has 180 valence electrons. The zero-order chi connectivity index (χ0) is 24.8. The third kappa shape index (κ3) is 5.87. The van der Waals surface area contributed by atoms with Gasteiger partial charge in [0.15, 0.2) is 0 Å². The standard InChI is InChI=1S/C27H28N4O3S/c1-18(20-6-3-7-21(14-20)34-2)13-25(32)30-27-23(15-28)22-10-12-31(17-24(22)35-27)26(33)9-8-19-5-4-11-29-16-19/h3-7,11,14,16,18H,8-10,12-13,17H2,1-2H3,(H,30,32). The minimum Gasteiger partial charge on any atom is -0.497 e. The molecule has 2 amide bonds. The molecule has 1 atom stereocenters. The van der Waals surface area contributed by atoms with Crippen molar-refractivity contribution >= 4 is 28.2 Å². The van der Waals surface area contributed by atoms with Crippen molar-refractivity contribution in [3.63, 3.8) is 0 Å². The first-order valence-electron chi connectivity index (χ1n) is 11.6. The second kappa shape index (κ2) is 11.2. The average molecular weight is 489 g/mol. The van der Waals surface area contributed by atoms with Gasteiger partial charge in [0.1, 0.15) is 16.8 Å². The molecule has 3 aromatic rings. The van der Waals surface area contributed by atoms with E-state index in [1.807, 2.05) is 48.2 Å². The van der Waals surface area contributed by atoms with Gasteiger partial charge in [0.05, 0.1) is 19.2 Å². The molecular formula is C27H28N4O3S. The average Bonchev–Trinajstić information content (AvgIpc) is 3.23. The number of amides is 2. The van der Waals surface area contributed by atoms with Crippen LogP contribution in [0.2, 0.25) is 0 Å². The Balaban J connectivity index is 1.39. The van der Waals surface area contributed by atoms with Crippen molar-refractivity contribution in [2.45, 2.75) is 45.1 Å². The Labute approximate surface area is 209 Å². The molecule has 2 aromatic heterocycles. The summed E-state index contributed by atoms with van der Waals surface area (Å²) in [5.74, 6) is 0.703. The number of aryl methyl sites for hydroxylation is 1. The van der Waals surface area contributed by atoms with Gasteiger partial charge >= 0.3 is 0 Å². The van der Waals surface area contributed by atoms with Crippen LogP contribution in [-0.4, -0.2) is 35.4 Å². The first kappa shape index (κ1) is 24.4. The number of pyridine rings is 1. The molecule has 3 heterocycles. The number of carbonyl (C=O) groups is 2. The van der Waals surface area contributed by atoms with E-state index >= 15 is 0 Å². The van der Waals surface area contributed by atoms with Crippen LogP contribution in [0, 0.1) is 11.3 Å². The number of methoxy groups -OCH3 is 1. The van der Waals surface area contributed by atoms with E-state index in [1.165, 1.54) is 11.3 Å². The summed E-state index contributed by atoms with van der Waals surface area (Å²) in [5, 5.41) is 13.3. The van der Waals surface area contributed by atoms with E-state index in [4.69, 9.17) is 4.74 Å². The molecule has 8 heteroatoms. The number of fused-ring (bicyclic) bond motifs is 1. The van der Waals surface area contributed by atoms with Crippen LogP contribution in [0.5, 0.6) is 5.75 Å². The lowest BCUT2D eigenvalue weighted by Gasteiger charge is -2.27. The second-order valence-corrected chi connectivity index (χ2v) is 9.78. The van der Waals surface area contributed by atoms with Gasteiger partial charge in [-0.2, -0.15) is 5.26 Å². The number of nitrogens with zero attached hydrogens (tertiary/aromatic N) is 3. The first-order valence-corrected chi connectivity index (χ1v) is 12.4. The fourth-order valence-electron chi connectivity index (χ4n) is 4.30. The van der Waals surface area contributed by atoms with E-state index in [2.05, 4.69) is 16.4 Å². The molecule has 4 rings (SSSR count). The van der Waals surface area contributed by atoms with Crippen molar-refractivity contribution < 1.29 is 14.3 Å². The van der Waals surface area contributed by atoms with E-state index in [9.17, 15) is 14.9 Å². The topological polar surface area (TPSA) is 95.3 Å². The van der Waals surface area contributed by atoms with E-state index in [-0.39, 0.29) is 17.7 Å². The number of aromatic nitrogens is 1. The largest absolute Gasteiger partial charge is 0.497 e. The Kier molecular flexibility index (Phi) is 7.78. The van der Waals surface area contributed by atoms with Crippen molar-refractivity contribution in [2.24, 2.45) is 0 Å². The summed E-state index contributed by atoms with van der Waals surface area (Å²) in [6, 6.07) is 13.8. The SMILES string of the molecule is COc1cccc(C(C)CC(=O)Nc2sc3c(c2C#N)CCN(C(=O)CCc2cccnc2)C3)c1. The number of hydrogen-bond donors (Lipinski definition) is 1. The normalized spacial score (nSPS) is 13.5. The molecule has 0 saturated heterocycles. The molecule has 1 aromatic carbocycles. The molecule has 0 spiro atoms. The number of rotatable bonds is 8. The summed E-state index contributed by atoms with van der Waals surface area (Å²) in [7, 11) is 1.62. The molecule has 1 N–H and O–H groups in total. The van der Waals surface area contributed by atoms with Gasteiger partial charge in [-0.05, 0) is 53.6 Å². The Hall–Kier alpha value is -3.70. The summed E-state index contributed by atoms with van der Waals surface area (Å²) >= 11 is 1.40. The summed E-state index contributed by atoms with van der Waals surface area (Å²) in [4.78, 5) is 32.5. The van der Waals surface area contributed by atoms with E-state index in [0.29, 0.717) is 49.3 Å². The number of carbonyl (C=O) groups excluding carboxylic acids is 2. The van der Waals surface area contributed by atoms with Crippen LogP contribution >= 0.6 is 11.3 Å². The number of hydrogen-bond acceptors (Lipinski definition) is 6. The number of nitriles is 1. The van der Waals surface area contributed by atoms with E-state index in [0.717, 1.165) is 27.3 Å². The highest BCUT2D eigenvalue weighted by atomic mass is 32.1. The molecule has 0 aliphatic carbocycles. The third-order valence-electron chi connectivity index (χ3n) is 6.28. The maximum Gasteiger partial charge on any atom is 0.225 e. The number of thiophene rings is 1. The molecule has 0 radical (unpaired) electrons. The predicted molar refractivity (Wildman–Crippen MR) is 135 cm³/mol. The first-order chi connectivity index (χ1) is 17.0. The number of anilines is 1. The van der Waals surface area contributed by atoms with E-state index in [1.54, 1.807) is 19.5 Å². The van der Waals surface area contributed by atoms with Gasteiger partial charge in [0.25, 0.3) is 0 Å². The lowest BCUT2D eigenvalue weighted by Crippen LogP contribution is -2.35. The Bertz CT molecular complexity index is 1250. The summed E-state index contributed by atoms with van der Waals surface area (Å²) in [6.07, 6.45) is 5.48. The lowest BCUT2D eigenvalue weighted by atomic mass is 9.97. The minimum absolute atomic E-state index is 0.00171. The minimum atomic E-state index is -0.139. The van der Waals surface area contributed by atoms with Crippen LogP contribution < -0.4 is 10.1 Å². The monoisotopic (exact) mass is 488 g/mol. The van der Waals surface area contributed by atoms with Crippen molar-refractivity contribution in [3.8, 4) is 11.8 Å². The van der Waals surface area contributed by atoms with Crippen molar-refractivity contribution in [2.75, 3.05) is 19.0 Å². The zero-order valence-corrected chi connectivity index (χ0v) is 20.7. The van der Waals surface area contributed by atoms with E-state index < -0.39 is 0 Å². The van der Waals surface area contributed by atoms with Gasteiger partial charge in [0, 0.05) is 36.7 Å². The molecule has 0 fully saturated rings. The van der Waals surface area contributed by atoms with Gasteiger partial charge in [-0.15, -0.1) is 11.3 Å². The van der Waals surface area contributed by atoms with Gasteiger partial charge < -0.3 is 15.0 Å². The molecule has 7 nitrogen and oxygen atoms in total. The molecule has 35 heavy (non-hydrogen) atoms. The summed E-state index contributed by atoms with van der Waals surface area (Å²) in [5.41, 5.74) is 3.53. The fourth-order valence-corrected chi connectivity index (χ4v) is 5.53. The Morgan fingerprint density at radius 2 is 2.17 bits per heavy atom. The second-order valence-electron chi connectivity index (χ2n) is 8.68. The van der Waals surface area contributed by atoms with Gasteiger partial charge in [0.2, 0.25) is 11.8 Å². The quantitative estimate of drug-likeness (QED) is 0.497. The number of benzene rings is 1. The molecule has 1 unspecified atom stereocenters. The molecule has 0 bridgehead atoms. The van der Waals surface area contributed by atoms with Gasteiger partial charge in [-0.25, -0.2) is 0 Å². The number of ether oxygens (including phenoxy) is 1. The zero-order valence-electron chi connectivity index (χ0n) is 19.9. The van der Waals surface area contributed by atoms with Crippen LogP contribution in [0.15, 0.2) is 48.8 Å². The van der Waals surface area contributed by atoms with Crippen LogP contribution in [0.1, 0.15) is 52.8 Å². The van der Waals surface area contributed by atoms with Gasteiger partial charge in [-0.1, -0.05) is 25.1 Å². The summed E-state index contributed by atoms with van der Waals surface area (Å²) < 4.78 is 5.28. The maximum absolute atomic E-state index is 12.8. The molecular weight excluding hydrogens is 460 g/mol. The van der Waals surface area contributed by atoms with Crippen LogP contribution in [0.3, 0.4) is 0 Å². The predicted octanol–water partition coefficient (Wildman–Crippen LogP) is 4.67. The summed E-state index contributed by atoms with van der Waals surface area (Å²) in [6.45, 7) is 3.04. The molecule has 0 saturated carbocycles. The maximum atomic E-state index is 12.8.